The van der Waals surface area contributed by atoms with Gasteiger partial charge in [0.15, 0.2) is 0 Å². The van der Waals surface area contributed by atoms with E-state index in [0.29, 0.717) is 24.1 Å². The molecule has 0 amide bonds. The number of ether oxygens (including phenoxy) is 1. The zero-order valence-electron chi connectivity index (χ0n) is 12.2. The second-order valence-corrected chi connectivity index (χ2v) is 7.77. The van der Waals surface area contributed by atoms with Crippen LogP contribution < -0.4 is 15.2 Å². The van der Waals surface area contributed by atoms with Gasteiger partial charge in [0.05, 0.1) is 7.11 Å². The van der Waals surface area contributed by atoms with E-state index < -0.39 is 10.0 Å². The maximum atomic E-state index is 12.7. The summed E-state index contributed by atoms with van der Waals surface area (Å²) in [5, 5.41) is 0. The third-order valence-electron chi connectivity index (χ3n) is 4.80. The van der Waals surface area contributed by atoms with Crippen molar-refractivity contribution in [1.82, 2.24) is 4.72 Å². The molecule has 3 unspecified atom stereocenters. The molecule has 0 spiro atoms. The molecule has 0 aliphatic heterocycles. The molecule has 3 N–H and O–H groups in total. The van der Waals surface area contributed by atoms with E-state index in [0.717, 1.165) is 24.8 Å². The number of rotatable bonds is 5. The standard InChI is InChI=1S/C15H22N2O3S/c1-20-14-5-3-11(9-16)8-15(14)21(18,19)17-13-7-10-2-4-12(13)6-10/h3,5,8,10,12-13,17H,2,4,6-7,9,16H2,1H3. The lowest BCUT2D eigenvalue weighted by molar-refractivity contribution is 0.385. The molecule has 3 atom stereocenters. The van der Waals surface area contributed by atoms with Crippen molar-refractivity contribution >= 4 is 10.0 Å². The van der Waals surface area contributed by atoms with Crippen LogP contribution in [0.15, 0.2) is 23.1 Å². The summed E-state index contributed by atoms with van der Waals surface area (Å²) >= 11 is 0. The molecule has 2 aliphatic rings. The molecule has 5 nitrogen and oxygen atoms in total. The molecule has 2 fully saturated rings. The zero-order chi connectivity index (χ0) is 15.0. The van der Waals surface area contributed by atoms with E-state index in [-0.39, 0.29) is 10.9 Å². The van der Waals surface area contributed by atoms with Crippen LogP contribution >= 0.6 is 0 Å². The first-order chi connectivity index (χ1) is 10.0. The van der Waals surface area contributed by atoms with Crippen LogP contribution in [0.25, 0.3) is 0 Å². The monoisotopic (exact) mass is 310 g/mol. The molecule has 1 aromatic carbocycles. The second kappa shape index (κ2) is 5.59. The molecule has 3 rings (SSSR count). The van der Waals surface area contributed by atoms with Gasteiger partial charge in [-0.1, -0.05) is 12.5 Å². The van der Waals surface area contributed by atoms with Gasteiger partial charge in [-0.25, -0.2) is 13.1 Å². The van der Waals surface area contributed by atoms with Crippen molar-refractivity contribution in [2.24, 2.45) is 17.6 Å². The predicted molar refractivity (Wildman–Crippen MR) is 80.4 cm³/mol. The number of methoxy groups -OCH3 is 1. The first kappa shape index (κ1) is 14.8. The van der Waals surface area contributed by atoms with Gasteiger partial charge in [0.25, 0.3) is 0 Å². The lowest BCUT2D eigenvalue weighted by Gasteiger charge is -2.23. The molecule has 0 aromatic heterocycles. The summed E-state index contributed by atoms with van der Waals surface area (Å²) in [5.74, 6) is 1.55. The summed E-state index contributed by atoms with van der Waals surface area (Å²) in [5.41, 5.74) is 6.39. The maximum Gasteiger partial charge on any atom is 0.244 e. The smallest absolute Gasteiger partial charge is 0.244 e. The molecule has 0 saturated heterocycles. The Morgan fingerprint density at radius 2 is 2.14 bits per heavy atom. The van der Waals surface area contributed by atoms with E-state index in [1.54, 1.807) is 18.2 Å². The van der Waals surface area contributed by atoms with Crippen LogP contribution in [0.1, 0.15) is 31.2 Å². The molecule has 6 heteroatoms. The maximum absolute atomic E-state index is 12.7. The Kier molecular flexibility index (Phi) is 3.94. The first-order valence-electron chi connectivity index (χ1n) is 7.43. The van der Waals surface area contributed by atoms with Gasteiger partial charge < -0.3 is 10.5 Å². The highest BCUT2D eigenvalue weighted by Crippen LogP contribution is 2.45. The molecular formula is C15H22N2O3S. The summed E-state index contributed by atoms with van der Waals surface area (Å²) in [7, 11) is -2.09. The number of hydrogen-bond donors (Lipinski definition) is 2. The fraction of sp³-hybridized carbons (Fsp3) is 0.600. The van der Waals surface area contributed by atoms with Gasteiger partial charge >= 0.3 is 0 Å². The second-order valence-electron chi connectivity index (χ2n) is 6.09. The minimum Gasteiger partial charge on any atom is -0.495 e. The van der Waals surface area contributed by atoms with Crippen LogP contribution in [0, 0.1) is 11.8 Å². The SMILES string of the molecule is COc1ccc(CN)cc1S(=O)(=O)NC1CC2CCC1C2. The number of sulfonamides is 1. The fourth-order valence-electron chi connectivity index (χ4n) is 3.71. The van der Waals surface area contributed by atoms with E-state index in [1.807, 2.05) is 0 Å². The van der Waals surface area contributed by atoms with Crippen molar-refractivity contribution in [1.29, 1.82) is 0 Å². The van der Waals surface area contributed by atoms with Crippen molar-refractivity contribution in [3.63, 3.8) is 0 Å². The Bertz CT molecular complexity index is 630. The summed E-state index contributed by atoms with van der Waals surface area (Å²) < 4.78 is 33.4. The molecule has 0 heterocycles. The largest absolute Gasteiger partial charge is 0.495 e. The summed E-state index contributed by atoms with van der Waals surface area (Å²) in [6, 6.07) is 5.13. The van der Waals surface area contributed by atoms with Gasteiger partial charge in [0.1, 0.15) is 10.6 Å². The van der Waals surface area contributed by atoms with E-state index in [4.69, 9.17) is 10.5 Å². The van der Waals surface area contributed by atoms with Gasteiger partial charge in [-0.05, 0) is 48.8 Å². The van der Waals surface area contributed by atoms with Gasteiger partial charge in [-0.15, -0.1) is 0 Å². The first-order valence-corrected chi connectivity index (χ1v) is 8.91. The molecule has 116 valence electrons. The van der Waals surface area contributed by atoms with Crippen molar-refractivity contribution in [3.8, 4) is 5.75 Å². The molecule has 2 saturated carbocycles. The minimum absolute atomic E-state index is 0.0694. The molecule has 2 aliphatic carbocycles. The van der Waals surface area contributed by atoms with Crippen LogP contribution in [-0.2, 0) is 16.6 Å². The van der Waals surface area contributed by atoms with Crippen molar-refractivity contribution < 1.29 is 13.2 Å². The van der Waals surface area contributed by atoms with Crippen LogP contribution in [0.4, 0.5) is 0 Å². The highest BCUT2D eigenvalue weighted by Gasteiger charge is 2.41. The fourth-order valence-corrected chi connectivity index (χ4v) is 5.25. The average molecular weight is 310 g/mol. The van der Waals surface area contributed by atoms with E-state index >= 15 is 0 Å². The van der Waals surface area contributed by atoms with E-state index in [9.17, 15) is 8.42 Å². The molecule has 0 radical (unpaired) electrons. The molecule has 2 bridgehead atoms. The Morgan fingerprint density at radius 1 is 1.33 bits per heavy atom. The third kappa shape index (κ3) is 2.80. The molecule has 1 aromatic rings. The van der Waals surface area contributed by atoms with E-state index in [1.165, 1.54) is 13.5 Å². The molecule has 21 heavy (non-hydrogen) atoms. The van der Waals surface area contributed by atoms with Gasteiger partial charge in [0.2, 0.25) is 10.0 Å². The lowest BCUT2D eigenvalue weighted by Crippen LogP contribution is -2.38. The van der Waals surface area contributed by atoms with Crippen LogP contribution in [-0.4, -0.2) is 21.6 Å². The minimum atomic E-state index is -3.57. The highest BCUT2D eigenvalue weighted by molar-refractivity contribution is 7.89. The quantitative estimate of drug-likeness (QED) is 0.866. The summed E-state index contributed by atoms with van der Waals surface area (Å²) in [6.45, 7) is 0.306. The van der Waals surface area contributed by atoms with Crippen LogP contribution in [0.5, 0.6) is 5.75 Å². The zero-order valence-corrected chi connectivity index (χ0v) is 13.0. The number of nitrogens with one attached hydrogen (secondary N) is 1. The highest BCUT2D eigenvalue weighted by atomic mass is 32.2. The Balaban J connectivity index is 1.87. The van der Waals surface area contributed by atoms with Gasteiger partial charge in [0, 0.05) is 12.6 Å². The van der Waals surface area contributed by atoms with E-state index in [2.05, 4.69) is 4.72 Å². The third-order valence-corrected chi connectivity index (χ3v) is 6.31. The predicted octanol–water partition coefficient (Wildman–Crippen LogP) is 1.62. The summed E-state index contributed by atoms with van der Waals surface area (Å²) in [4.78, 5) is 0.190. The van der Waals surface area contributed by atoms with Crippen molar-refractivity contribution in [3.05, 3.63) is 23.8 Å². The van der Waals surface area contributed by atoms with Crippen LogP contribution in [0.3, 0.4) is 0 Å². The van der Waals surface area contributed by atoms with Crippen LogP contribution in [0.2, 0.25) is 0 Å². The number of hydrogen-bond acceptors (Lipinski definition) is 4. The van der Waals surface area contributed by atoms with Gasteiger partial charge in [-0.2, -0.15) is 0 Å². The van der Waals surface area contributed by atoms with Gasteiger partial charge in [-0.3, -0.25) is 0 Å². The Morgan fingerprint density at radius 3 is 2.71 bits per heavy atom. The molecular weight excluding hydrogens is 288 g/mol. The number of nitrogens with two attached hydrogens (primary N) is 1. The average Bonchev–Trinajstić information content (AvgIpc) is 3.08. The normalized spacial score (nSPS) is 28.0. The number of fused-ring (bicyclic) bond motifs is 2. The number of benzene rings is 1. The Labute approximate surface area is 125 Å². The van der Waals surface area contributed by atoms with Crippen molar-refractivity contribution in [2.45, 2.75) is 43.2 Å². The Hall–Kier alpha value is -1.11. The van der Waals surface area contributed by atoms with Crippen molar-refractivity contribution in [2.75, 3.05) is 7.11 Å². The topological polar surface area (TPSA) is 81.4 Å². The lowest BCUT2D eigenvalue weighted by atomic mass is 9.96. The summed E-state index contributed by atoms with van der Waals surface area (Å²) in [6.07, 6.45) is 4.50.